The molecule has 0 radical (unpaired) electrons. The molecule has 1 aliphatic heterocycles. The molecule has 1 heteroatoms. The molecule has 0 aromatic rings. The molecule has 1 rings (SSSR count). The molecule has 1 aliphatic rings. The molecular weight excluding hydrogens is 158 g/mol. The Labute approximate surface area is 81.4 Å². The molecule has 0 aliphatic carbocycles. The molecule has 72 valence electrons. The molecule has 0 unspecified atom stereocenters. The van der Waals surface area contributed by atoms with Gasteiger partial charge in [-0.15, -0.1) is 0 Å². The van der Waals surface area contributed by atoms with Crippen LogP contribution in [0.25, 0.3) is 0 Å². The number of nitrogens with zero attached hydrogens (tertiary/aromatic N) is 1. The van der Waals surface area contributed by atoms with Crippen molar-refractivity contribution in [1.82, 2.24) is 4.90 Å². The Balaban J connectivity index is 2.34. The van der Waals surface area contributed by atoms with Crippen LogP contribution in [0.2, 0.25) is 0 Å². The molecule has 0 saturated heterocycles. The fourth-order valence-corrected chi connectivity index (χ4v) is 1.50. The summed E-state index contributed by atoms with van der Waals surface area (Å²) in [6, 6.07) is 0. The van der Waals surface area contributed by atoms with Gasteiger partial charge < -0.3 is 0 Å². The van der Waals surface area contributed by atoms with Crippen molar-refractivity contribution < 1.29 is 0 Å². The lowest BCUT2D eigenvalue weighted by Crippen LogP contribution is -2.28. The first-order chi connectivity index (χ1) is 6.33. The zero-order valence-electron chi connectivity index (χ0n) is 8.66. The van der Waals surface area contributed by atoms with Gasteiger partial charge in [-0.2, -0.15) is 0 Å². The molecule has 0 aromatic carbocycles. The van der Waals surface area contributed by atoms with Crippen LogP contribution in [0.15, 0.2) is 36.0 Å². The molecular formula is C12H19N. The maximum Gasteiger partial charge on any atom is 0.0196 e. The van der Waals surface area contributed by atoms with Gasteiger partial charge in [-0.05, 0) is 20.3 Å². The van der Waals surface area contributed by atoms with Crippen LogP contribution in [-0.2, 0) is 0 Å². The normalized spacial score (nSPS) is 20.0. The van der Waals surface area contributed by atoms with E-state index in [0.717, 1.165) is 13.1 Å². The Morgan fingerprint density at radius 2 is 2.31 bits per heavy atom. The van der Waals surface area contributed by atoms with E-state index in [9.17, 15) is 0 Å². The second-order valence-electron chi connectivity index (χ2n) is 3.53. The highest BCUT2D eigenvalue weighted by molar-refractivity contribution is 5.11. The second-order valence-corrected chi connectivity index (χ2v) is 3.53. The smallest absolute Gasteiger partial charge is 0.0196 e. The van der Waals surface area contributed by atoms with Crippen molar-refractivity contribution in [2.24, 2.45) is 0 Å². The Morgan fingerprint density at radius 3 is 2.92 bits per heavy atom. The third-order valence-corrected chi connectivity index (χ3v) is 2.19. The van der Waals surface area contributed by atoms with Gasteiger partial charge in [-0.25, -0.2) is 0 Å². The van der Waals surface area contributed by atoms with E-state index < -0.39 is 0 Å². The summed E-state index contributed by atoms with van der Waals surface area (Å²) >= 11 is 0. The molecule has 13 heavy (non-hydrogen) atoms. The summed E-state index contributed by atoms with van der Waals surface area (Å²) in [6.45, 7) is 7.67. The minimum absolute atomic E-state index is 1.11. The van der Waals surface area contributed by atoms with Crippen molar-refractivity contribution in [2.45, 2.75) is 20.3 Å². The monoisotopic (exact) mass is 177 g/mol. The van der Waals surface area contributed by atoms with Crippen LogP contribution in [0, 0.1) is 0 Å². The summed E-state index contributed by atoms with van der Waals surface area (Å²) in [5.74, 6) is 0. The number of allylic oxidation sites excluding steroid dienone is 3. The first kappa shape index (κ1) is 10.3. The standard InChI is InChI=1S/C12H19N/c1-3-4-8-12(2)11-13-9-6-5-7-10-13/h3-6,8H,7,9-11H2,1-2H3/b4-3-,12-8+. The molecule has 0 bridgehead atoms. The SMILES string of the molecule is C/C=C\C=C(/C)CN1CC=CCC1. The summed E-state index contributed by atoms with van der Waals surface area (Å²) < 4.78 is 0. The van der Waals surface area contributed by atoms with Crippen molar-refractivity contribution in [3.63, 3.8) is 0 Å². The Kier molecular flexibility index (Phi) is 4.55. The molecule has 1 nitrogen and oxygen atoms in total. The highest BCUT2D eigenvalue weighted by Gasteiger charge is 2.04. The number of rotatable bonds is 3. The van der Waals surface area contributed by atoms with Gasteiger partial charge in [-0.3, -0.25) is 4.90 Å². The van der Waals surface area contributed by atoms with Crippen molar-refractivity contribution >= 4 is 0 Å². The molecule has 0 N–H and O–H groups in total. The van der Waals surface area contributed by atoms with Crippen LogP contribution >= 0.6 is 0 Å². The number of hydrogen-bond donors (Lipinski definition) is 0. The average molecular weight is 177 g/mol. The van der Waals surface area contributed by atoms with Gasteiger partial charge in [0.25, 0.3) is 0 Å². The van der Waals surface area contributed by atoms with Gasteiger partial charge in [0.05, 0.1) is 0 Å². The average Bonchev–Trinajstić information content (AvgIpc) is 2.16. The van der Waals surface area contributed by atoms with Crippen LogP contribution in [0.4, 0.5) is 0 Å². The summed E-state index contributed by atoms with van der Waals surface area (Å²) in [6.07, 6.45) is 12.1. The van der Waals surface area contributed by atoms with Gasteiger partial charge in [0.15, 0.2) is 0 Å². The quantitative estimate of drug-likeness (QED) is 0.473. The van der Waals surface area contributed by atoms with Crippen molar-refractivity contribution in [1.29, 1.82) is 0 Å². The zero-order chi connectivity index (χ0) is 9.52. The highest BCUT2D eigenvalue weighted by Crippen LogP contribution is 2.04. The lowest BCUT2D eigenvalue weighted by molar-refractivity contribution is 0.324. The molecule has 0 aromatic heterocycles. The van der Waals surface area contributed by atoms with E-state index in [1.807, 2.05) is 6.92 Å². The first-order valence-corrected chi connectivity index (χ1v) is 4.98. The van der Waals surface area contributed by atoms with Crippen molar-refractivity contribution in [3.8, 4) is 0 Å². The summed E-state index contributed by atoms with van der Waals surface area (Å²) in [5, 5.41) is 0. The van der Waals surface area contributed by atoms with Gasteiger partial charge in [0, 0.05) is 19.6 Å². The lowest BCUT2D eigenvalue weighted by Gasteiger charge is -2.22. The van der Waals surface area contributed by atoms with Gasteiger partial charge in [0.2, 0.25) is 0 Å². The van der Waals surface area contributed by atoms with Crippen LogP contribution in [-0.4, -0.2) is 24.5 Å². The van der Waals surface area contributed by atoms with Crippen LogP contribution in [0.5, 0.6) is 0 Å². The van der Waals surface area contributed by atoms with Gasteiger partial charge in [0.1, 0.15) is 0 Å². The third-order valence-electron chi connectivity index (χ3n) is 2.19. The summed E-state index contributed by atoms with van der Waals surface area (Å²) in [4.78, 5) is 2.47. The molecule has 0 saturated carbocycles. The topological polar surface area (TPSA) is 3.24 Å². The second kappa shape index (κ2) is 5.76. The van der Waals surface area contributed by atoms with Gasteiger partial charge >= 0.3 is 0 Å². The maximum atomic E-state index is 2.47. The van der Waals surface area contributed by atoms with E-state index in [0.29, 0.717) is 0 Å². The molecule has 0 fully saturated rings. The van der Waals surface area contributed by atoms with E-state index in [2.05, 4.69) is 42.2 Å². The molecule has 0 atom stereocenters. The highest BCUT2D eigenvalue weighted by atomic mass is 15.1. The van der Waals surface area contributed by atoms with Crippen LogP contribution in [0.3, 0.4) is 0 Å². The third kappa shape index (κ3) is 4.09. The Hall–Kier alpha value is -0.820. The van der Waals surface area contributed by atoms with Gasteiger partial charge in [-0.1, -0.05) is 36.0 Å². The maximum absolute atomic E-state index is 2.47. The molecule has 1 heterocycles. The molecule has 0 spiro atoms. The molecule has 0 amide bonds. The lowest BCUT2D eigenvalue weighted by atomic mass is 10.2. The van der Waals surface area contributed by atoms with E-state index in [1.165, 1.54) is 18.5 Å². The van der Waals surface area contributed by atoms with Crippen molar-refractivity contribution in [2.75, 3.05) is 19.6 Å². The Morgan fingerprint density at radius 1 is 1.46 bits per heavy atom. The van der Waals surface area contributed by atoms with E-state index in [4.69, 9.17) is 0 Å². The predicted octanol–water partition coefficient (Wildman–Crippen LogP) is 2.77. The van der Waals surface area contributed by atoms with Crippen molar-refractivity contribution in [3.05, 3.63) is 36.0 Å². The number of hydrogen-bond acceptors (Lipinski definition) is 1. The van der Waals surface area contributed by atoms with Crippen LogP contribution < -0.4 is 0 Å². The van der Waals surface area contributed by atoms with Crippen LogP contribution in [0.1, 0.15) is 20.3 Å². The Bertz CT molecular complexity index is 223. The van der Waals surface area contributed by atoms with E-state index >= 15 is 0 Å². The fraction of sp³-hybridized carbons (Fsp3) is 0.500. The van der Waals surface area contributed by atoms with E-state index in [-0.39, 0.29) is 0 Å². The largest absolute Gasteiger partial charge is 0.295 e. The van der Waals surface area contributed by atoms with E-state index in [1.54, 1.807) is 0 Å². The fourth-order valence-electron chi connectivity index (χ4n) is 1.50. The first-order valence-electron chi connectivity index (χ1n) is 4.98. The minimum atomic E-state index is 1.11. The summed E-state index contributed by atoms with van der Waals surface area (Å²) in [5.41, 5.74) is 1.44. The zero-order valence-corrected chi connectivity index (χ0v) is 8.66. The predicted molar refractivity (Wildman–Crippen MR) is 58.8 cm³/mol. The minimum Gasteiger partial charge on any atom is -0.295 e. The summed E-state index contributed by atoms with van der Waals surface area (Å²) in [7, 11) is 0.